The number of nitrogens with zero attached hydrogens (tertiary/aromatic N) is 1. The molecule has 3 amide bonds. The largest absolute Gasteiger partial charge is 0.326 e. The first-order valence-electron chi connectivity index (χ1n) is 7.74. The van der Waals surface area contributed by atoms with E-state index in [4.69, 9.17) is 0 Å². The smallest absolute Gasteiger partial charge is 0.319 e. The fourth-order valence-corrected chi connectivity index (χ4v) is 2.72. The van der Waals surface area contributed by atoms with Crippen molar-refractivity contribution in [2.75, 3.05) is 16.8 Å². The van der Waals surface area contributed by atoms with E-state index < -0.39 is 12.1 Å². The molecule has 1 fully saturated rings. The minimum absolute atomic E-state index is 0.193. The molecule has 0 saturated carbocycles. The number of benzene rings is 2. The molecular formula is C18H18FN3O2. The van der Waals surface area contributed by atoms with Crippen LogP contribution in [-0.2, 0) is 4.79 Å². The third-order valence-electron chi connectivity index (χ3n) is 4.04. The van der Waals surface area contributed by atoms with Gasteiger partial charge >= 0.3 is 6.03 Å². The van der Waals surface area contributed by atoms with E-state index in [1.807, 2.05) is 25.1 Å². The molecule has 2 aromatic rings. The molecule has 0 aromatic heterocycles. The van der Waals surface area contributed by atoms with Gasteiger partial charge in [-0.25, -0.2) is 9.18 Å². The zero-order chi connectivity index (χ0) is 17.1. The second kappa shape index (κ2) is 6.70. The highest BCUT2D eigenvalue weighted by molar-refractivity contribution is 6.02. The van der Waals surface area contributed by atoms with Gasteiger partial charge in [0.05, 0.1) is 0 Å². The van der Waals surface area contributed by atoms with Crippen LogP contribution >= 0.6 is 0 Å². The summed E-state index contributed by atoms with van der Waals surface area (Å²) in [6.07, 6.45) is 0.511. The van der Waals surface area contributed by atoms with Gasteiger partial charge in [-0.3, -0.25) is 4.79 Å². The standard InChI is InChI=1S/C18H18FN3O2/c1-12-4-2-3-5-15(12)20-18(24)21-16-10-11-22(17(16)23)14-8-6-13(19)7-9-14/h2-9,16H,10-11H2,1H3,(H2,20,21,24). The van der Waals surface area contributed by atoms with Gasteiger partial charge < -0.3 is 15.5 Å². The van der Waals surface area contributed by atoms with Crippen LogP contribution in [0.25, 0.3) is 0 Å². The number of anilines is 2. The Kier molecular flexibility index (Phi) is 4.46. The van der Waals surface area contributed by atoms with E-state index in [-0.39, 0.29) is 11.7 Å². The van der Waals surface area contributed by atoms with E-state index in [1.165, 1.54) is 12.1 Å². The van der Waals surface area contributed by atoms with Crippen LogP contribution in [0.15, 0.2) is 48.5 Å². The minimum Gasteiger partial charge on any atom is -0.326 e. The Morgan fingerprint density at radius 3 is 2.58 bits per heavy atom. The molecule has 0 bridgehead atoms. The first-order valence-corrected chi connectivity index (χ1v) is 7.74. The molecule has 1 aliphatic heterocycles. The Balaban J connectivity index is 1.62. The molecule has 1 atom stereocenters. The maximum atomic E-state index is 13.0. The van der Waals surface area contributed by atoms with Crippen molar-refractivity contribution in [2.24, 2.45) is 0 Å². The molecule has 1 saturated heterocycles. The van der Waals surface area contributed by atoms with Crippen molar-refractivity contribution in [2.45, 2.75) is 19.4 Å². The van der Waals surface area contributed by atoms with E-state index in [1.54, 1.807) is 23.1 Å². The zero-order valence-corrected chi connectivity index (χ0v) is 13.3. The summed E-state index contributed by atoms with van der Waals surface area (Å²) in [6, 6.07) is 12.2. The second-order valence-electron chi connectivity index (χ2n) is 5.72. The average molecular weight is 327 g/mol. The van der Waals surface area contributed by atoms with Gasteiger partial charge in [-0.1, -0.05) is 18.2 Å². The van der Waals surface area contributed by atoms with Gasteiger partial charge in [-0.15, -0.1) is 0 Å². The minimum atomic E-state index is -0.584. The Morgan fingerprint density at radius 1 is 1.17 bits per heavy atom. The normalized spacial score (nSPS) is 17.0. The molecule has 2 aromatic carbocycles. The highest BCUT2D eigenvalue weighted by Gasteiger charge is 2.33. The second-order valence-corrected chi connectivity index (χ2v) is 5.72. The van der Waals surface area contributed by atoms with Gasteiger partial charge in [0.25, 0.3) is 0 Å². The summed E-state index contributed by atoms with van der Waals surface area (Å²) in [7, 11) is 0. The van der Waals surface area contributed by atoms with Crippen LogP contribution in [0.1, 0.15) is 12.0 Å². The quantitative estimate of drug-likeness (QED) is 0.910. The molecular weight excluding hydrogens is 309 g/mol. The number of amides is 3. The van der Waals surface area contributed by atoms with Crippen molar-refractivity contribution in [1.82, 2.24) is 5.32 Å². The summed E-state index contributed by atoms with van der Waals surface area (Å²) in [6.45, 7) is 2.38. The number of carbonyl (C=O) groups excluding carboxylic acids is 2. The fourth-order valence-electron chi connectivity index (χ4n) is 2.72. The van der Waals surface area contributed by atoms with E-state index in [2.05, 4.69) is 10.6 Å². The number of urea groups is 1. The van der Waals surface area contributed by atoms with Crippen molar-refractivity contribution >= 4 is 23.3 Å². The SMILES string of the molecule is Cc1ccccc1NC(=O)NC1CCN(c2ccc(F)cc2)C1=O. The van der Waals surface area contributed by atoms with E-state index in [0.717, 1.165) is 5.56 Å². The predicted molar refractivity (Wildman–Crippen MR) is 90.5 cm³/mol. The molecule has 0 radical (unpaired) electrons. The average Bonchev–Trinajstić information content (AvgIpc) is 2.91. The van der Waals surface area contributed by atoms with Crippen molar-refractivity contribution in [1.29, 1.82) is 0 Å². The van der Waals surface area contributed by atoms with Crippen LogP contribution in [0.4, 0.5) is 20.6 Å². The number of hydrogen-bond acceptors (Lipinski definition) is 2. The van der Waals surface area contributed by atoms with Crippen LogP contribution in [0, 0.1) is 12.7 Å². The first-order chi connectivity index (χ1) is 11.5. The van der Waals surface area contributed by atoms with Gasteiger partial charge in [0.15, 0.2) is 0 Å². The summed E-state index contributed by atoms with van der Waals surface area (Å²) in [5.74, 6) is -0.542. The highest BCUT2D eigenvalue weighted by atomic mass is 19.1. The maximum Gasteiger partial charge on any atom is 0.319 e. The number of rotatable bonds is 3. The lowest BCUT2D eigenvalue weighted by Crippen LogP contribution is -2.43. The summed E-state index contributed by atoms with van der Waals surface area (Å²) in [5.41, 5.74) is 2.28. The predicted octanol–water partition coefficient (Wildman–Crippen LogP) is 3.06. The van der Waals surface area contributed by atoms with Gasteiger partial charge in [-0.2, -0.15) is 0 Å². The molecule has 1 aliphatic rings. The monoisotopic (exact) mass is 327 g/mol. The van der Waals surface area contributed by atoms with Crippen molar-refractivity contribution in [3.63, 3.8) is 0 Å². The zero-order valence-electron chi connectivity index (χ0n) is 13.3. The van der Waals surface area contributed by atoms with Crippen molar-refractivity contribution < 1.29 is 14.0 Å². The lowest BCUT2D eigenvalue weighted by molar-refractivity contribution is -0.118. The van der Waals surface area contributed by atoms with Gasteiger partial charge in [0, 0.05) is 17.9 Å². The maximum absolute atomic E-state index is 13.0. The Labute approximate surface area is 139 Å². The Morgan fingerprint density at radius 2 is 1.88 bits per heavy atom. The lowest BCUT2D eigenvalue weighted by Gasteiger charge is -2.17. The topological polar surface area (TPSA) is 61.4 Å². The molecule has 2 N–H and O–H groups in total. The van der Waals surface area contributed by atoms with Crippen LogP contribution in [-0.4, -0.2) is 24.5 Å². The summed E-state index contributed by atoms with van der Waals surface area (Å²) < 4.78 is 13.0. The van der Waals surface area contributed by atoms with E-state index >= 15 is 0 Å². The summed E-state index contributed by atoms with van der Waals surface area (Å²) >= 11 is 0. The Hall–Kier alpha value is -2.89. The van der Waals surface area contributed by atoms with Gasteiger partial charge in [0.2, 0.25) is 5.91 Å². The molecule has 124 valence electrons. The highest BCUT2D eigenvalue weighted by Crippen LogP contribution is 2.22. The van der Waals surface area contributed by atoms with E-state index in [0.29, 0.717) is 24.3 Å². The number of aryl methyl sites for hydroxylation is 1. The molecule has 24 heavy (non-hydrogen) atoms. The van der Waals surface area contributed by atoms with Crippen LogP contribution < -0.4 is 15.5 Å². The van der Waals surface area contributed by atoms with Crippen molar-refractivity contribution in [3.8, 4) is 0 Å². The van der Waals surface area contributed by atoms with Crippen LogP contribution in [0.5, 0.6) is 0 Å². The number of carbonyl (C=O) groups is 2. The number of halogens is 1. The fraction of sp³-hybridized carbons (Fsp3) is 0.222. The number of hydrogen-bond donors (Lipinski definition) is 2. The van der Waals surface area contributed by atoms with Crippen LogP contribution in [0.3, 0.4) is 0 Å². The summed E-state index contributed by atoms with van der Waals surface area (Å²) in [4.78, 5) is 26.1. The third kappa shape index (κ3) is 3.37. The lowest BCUT2D eigenvalue weighted by atomic mass is 10.2. The first kappa shape index (κ1) is 16.0. The number of para-hydroxylation sites is 1. The summed E-state index contributed by atoms with van der Waals surface area (Å²) in [5, 5.41) is 5.45. The molecule has 3 rings (SSSR count). The molecule has 0 spiro atoms. The van der Waals surface area contributed by atoms with Gasteiger partial charge in [-0.05, 0) is 49.2 Å². The molecule has 1 heterocycles. The van der Waals surface area contributed by atoms with Crippen LogP contribution in [0.2, 0.25) is 0 Å². The Bertz CT molecular complexity index is 761. The van der Waals surface area contributed by atoms with Gasteiger partial charge in [0.1, 0.15) is 11.9 Å². The molecule has 1 unspecified atom stereocenters. The van der Waals surface area contributed by atoms with E-state index in [9.17, 15) is 14.0 Å². The molecule has 0 aliphatic carbocycles. The van der Waals surface area contributed by atoms with Crippen molar-refractivity contribution in [3.05, 3.63) is 59.9 Å². The third-order valence-corrected chi connectivity index (χ3v) is 4.04. The molecule has 6 heteroatoms. The molecule has 5 nitrogen and oxygen atoms in total. The number of nitrogens with one attached hydrogen (secondary N) is 2.